The molecule has 3 aromatic rings. The van der Waals surface area contributed by atoms with Crippen LogP contribution in [0, 0.1) is 0 Å². The summed E-state index contributed by atoms with van der Waals surface area (Å²) in [5, 5.41) is 0. The van der Waals surface area contributed by atoms with Crippen LogP contribution in [0.3, 0.4) is 0 Å². The fourth-order valence-electron chi connectivity index (χ4n) is 5.12. The van der Waals surface area contributed by atoms with E-state index in [0.29, 0.717) is 39.2 Å². The van der Waals surface area contributed by atoms with E-state index in [1.54, 1.807) is 29.4 Å². The number of ether oxygens (including phenoxy) is 1. The van der Waals surface area contributed by atoms with Gasteiger partial charge in [0, 0.05) is 56.5 Å². The van der Waals surface area contributed by atoms with E-state index in [2.05, 4.69) is 14.9 Å². The van der Waals surface area contributed by atoms with Crippen molar-refractivity contribution in [1.82, 2.24) is 14.3 Å². The molecule has 0 aliphatic carbocycles. The molecule has 2 aliphatic rings. The van der Waals surface area contributed by atoms with Crippen LogP contribution in [-0.2, 0) is 21.2 Å². The Morgan fingerprint density at radius 2 is 1.76 bits per heavy atom. The molecule has 10 heteroatoms. The van der Waals surface area contributed by atoms with Gasteiger partial charge in [-0.15, -0.1) is 0 Å². The lowest BCUT2D eigenvalue weighted by Gasteiger charge is -2.34. The number of carbonyl (C=O) groups excluding carboxylic acids is 1. The molecule has 2 aliphatic heterocycles. The number of piperazine rings is 1. The zero-order valence-electron chi connectivity index (χ0n) is 21.3. The maximum atomic E-state index is 13.4. The predicted octanol–water partition coefficient (Wildman–Crippen LogP) is 3.35. The van der Waals surface area contributed by atoms with Crippen LogP contribution in [0.5, 0.6) is 5.75 Å². The molecule has 2 aromatic carbocycles. The zero-order chi connectivity index (χ0) is 26.2. The lowest BCUT2D eigenvalue weighted by Crippen LogP contribution is -2.48. The number of carbonyl (C=O) groups is 1. The van der Waals surface area contributed by atoms with Gasteiger partial charge >= 0.3 is 0 Å². The van der Waals surface area contributed by atoms with Gasteiger partial charge in [0.15, 0.2) is 0 Å². The van der Waals surface area contributed by atoms with Gasteiger partial charge in [0.25, 0.3) is 0 Å². The summed E-state index contributed by atoms with van der Waals surface area (Å²) in [6.45, 7) is 7.85. The normalized spacial score (nSPS) is 18.1. The lowest BCUT2D eigenvalue weighted by atomic mass is 10.1. The van der Waals surface area contributed by atoms with Crippen molar-refractivity contribution in [2.75, 3.05) is 42.6 Å². The molecule has 0 bridgehead atoms. The standard InChI is InChI=1S/C27H31N5O4S/c1-4-36-23-7-5-21(6-8-23)25-17-27(29-18-28-25)30-11-13-31(14-12-30)37(34,35)24-9-10-26-22(16-24)15-19(2)32(26)20(3)33/h5-10,16-19H,4,11-15H2,1-3H3. The van der Waals surface area contributed by atoms with E-state index >= 15 is 0 Å². The van der Waals surface area contributed by atoms with Gasteiger partial charge in [0.05, 0.1) is 17.2 Å². The van der Waals surface area contributed by atoms with Crippen LogP contribution >= 0.6 is 0 Å². The molecule has 1 aromatic heterocycles. The van der Waals surface area contributed by atoms with Crippen LogP contribution in [0.25, 0.3) is 11.3 Å². The number of hydrogen-bond donors (Lipinski definition) is 0. The molecule has 1 saturated heterocycles. The molecule has 1 unspecified atom stereocenters. The second-order valence-electron chi connectivity index (χ2n) is 9.34. The van der Waals surface area contributed by atoms with Gasteiger partial charge < -0.3 is 14.5 Å². The van der Waals surface area contributed by atoms with Gasteiger partial charge in [-0.25, -0.2) is 18.4 Å². The lowest BCUT2D eigenvalue weighted by molar-refractivity contribution is -0.116. The van der Waals surface area contributed by atoms with Crippen LogP contribution in [0.4, 0.5) is 11.5 Å². The first-order valence-corrected chi connectivity index (χ1v) is 13.9. The summed E-state index contributed by atoms with van der Waals surface area (Å²) < 4.78 is 33.9. The van der Waals surface area contributed by atoms with Crippen molar-refractivity contribution in [3.8, 4) is 17.0 Å². The first-order chi connectivity index (χ1) is 17.8. The van der Waals surface area contributed by atoms with Crippen LogP contribution < -0.4 is 14.5 Å². The molecule has 194 valence electrons. The first kappa shape index (κ1) is 25.2. The summed E-state index contributed by atoms with van der Waals surface area (Å²) in [5.74, 6) is 1.55. The van der Waals surface area contributed by atoms with Crippen molar-refractivity contribution in [2.24, 2.45) is 0 Å². The fraction of sp³-hybridized carbons (Fsp3) is 0.370. The Kier molecular flexibility index (Phi) is 6.87. The largest absolute Gasteiger partial charge is 0.494 e. The Balaban J connectivity index is 1.28. The third kappa shape index (κ3) is 4.91. The van der Waals surface area contributed by atoms with E-state index in [0.717, 1.165) is 34.1 Å². The molecule has 1 fully saturated rings. The summed E-state index contributed by atoms with van der Waals surface area (Å²) >= 11 is 0. The quantitative estimate of drug-likeness (QED) is 0.491. The molecular weight excluding hydrogens is 490 g/mol. The molecule has 0 saturated carbocycles. The van der Waals surface area contributed by atoms with E-state index in [4.69, 9.17) is 4.74 Å². The SMILES string of the molecule is CCOc1ccc(-c2cc(N3CCN(S(=O)(=O)c4ccc5c(c4)CC(C)N5C(C)=O)CC3)ncn2)cc1. The van der Waals surface area contributed by atoms with Crippen molar-refractivity contribution in [1.29, 1.82) is 0 Å². The number of benzene rings is 2. The van der Waals surface area contributed by atoms with Gasteiger partial charge in [0.2, 0.25) is 15.9 Å². The van der Waals surface area contributed by atoms with Crippen LogP contribution in [0.2, 0.25) is 0 Å². The maximum Gasteiger partial charge on any atom is 0.243 e. The highest BCUT2D eigenvalue weighted by Gasteiger charge is 2.33. The van der Waals surface area contributed by atoms with Gasteiger partial charge in [-0.05, 0) is 68.3 Å². The van der Waals surface area contributed by atoms with Crippen LogP contribution in [0.1, 0.15) is 26.3 Å². The highest BCUT2D eigenvalue weighted by Crippen LogP contribution is 2.35. The van der Waals surface area contributed by atoms with Crippen LogP contribution in [-0.4, -0.2) is 67.4 Å². The van der Waals surface area contributed by atoms with Gasteiger partial charge in [-0.3, -0.25) is 4.79 Å². The third-order valence-electron chi connectivity index (χ3n) is 6.92. The molecular formula is C27H31N5O4S. The molecule has 0 spiro atoms. The minimum atomic E-state index is -3.65. The summed E-state index contributed by atoms with van der Waals surface area (Å²) in [4.78, 5) is 25.0. The number of hydrogen-bond acceptors (Lipinski definition) is 7. The third-order valence-corrected chi connectivity index (χ3v) is 8.81. The summed E-state index contributed by atoms with van der Waals surface area (Å²) in [6, 6.07) is 14.8. The van der Waals surface area contributed by atoms with E-state index in [1.807, 2.05) is 44.2 Å². The van der Waals surface area contributed by atoms with E-state index in [1.165, 1.54) is 11.2 Å². The van der Waals surface area contributed by atoms with Crippen molar-refractivity contribution in [3.05, 3.63) is 60.4 Å². The number of sulfonamides is 1. The molecule has 1 amide bonds. The highest BCUT2D eigenvalue weighted by molar-refractivity contribution is 7.89. The zero-order valence-corrected chi connectivity index (χ0v) is 22.1. The number of amides is 1. The smallest absolute Gasteiger partial charge is 0.243 e. The fourth-order valence-corrected chi connectivity index (χ4v) is 6.59. The Labute approximate surface area is 217 Å². The highest BCUT2D eigenvalue weighted by atomic mass is 32.2. The minimum absolute atomic E-state index is 0.0226. The van der Waals surface area contributed by atoms with E-state index in [9.17, 15) is 13.2 Å². The first-order valence-electron chi connectivity index (χ1n) is 12.5. The van der Waals surface area contributed by atoms with E-state index in [-0.39, 0.29) is 16.8 Å². The van der Waals surface area contributed by atoms with Crippen molar-refractivity contribution in [3.63, 3.8) is 0 Å². The number of nitrogens with zero attached hydrogens (tertiary/aromatic N) is 5. The maximum absolute atomic E-state index is 13.4. The molecule has 5 rings (SSSR count). The Bertz CT molecular complexity index is 1400. The predicted molar refractivity (Wildman–Crippen MR) is 142 cm³/mol. The molecule has 0 N–H and O–H groups in total. The van der Waals surface area contributed by atoms with Gasteiger partial charge in [-0.2, -0.15) is 4.31 Å². The summed E-state index contributed by atoms with van der Waals surface area (Å²) in [7, 11) is -3.65. The number of rotatable bonds is 6. The summed E-state index contributed by atoms with van der Waals surface area (Å²) in [5.41, 5.74) is 3.46. The number of anilines is 2. The van der Waals surface area contributed by atoms with Crippen molar-refractivity contribution >= 4 is 27.4 Å². The van der Waals surface area contributed by atoms with Gasteiger partial charge in [-0.1, -0.05) is 0 Å². The number of aromatic nitrogens is 2. The molecule has 9 nitrogen and oxygen atoms in total. The van der Waals surface area contributed by atoms with Gasteiger partial charge in [0.1, 0.15) is 17.9 Å². The van der Waals surface area contributed by atoms with Crippen molar-refractivity contribution in [2.45, 2.75) is 38.1 Å². The molecule has 1 atom stereocenters. The second-order valence-corrected chi connectivity index (χ2v) is 11.3. The summed E-state index contributed by atoms with van der Waals surface area (Å²) in [6.07, 6.45) is 2.19. The molecule has 0 radical (unpaired) electrons. The monoisotopic (exact) mass is 521 g/mol. The second kappa shape index (κ2) is 10.1. The Hall–Kier alpha value is -3.50. The topological polar surface area (TPSA) is 95.9 Å². The van der Waals surface area contributed by atoms with Crippen LogP contribution in [0.15, 0.2) is 59.8 Å². The Morgan fingerprint density at radius 1 is 1.03 bits per heavy atom. The molecule has 3 heterocycles. The molecule has 37 heavy (non-hydrogen) atoms. The minimum Gasteiger partial charge on any atom is -0.494 e. The number of fused-ring (bicyclic) bond motifs is 1. The Morgan fingerprint density at radius 3 is 2.43 bits per heavy atom. The van der Waals surface area contributed by atoms with Crippen molar-refractivity contribution < 1.29 is 17.9 Å². The average molecular weight is 522 g/mol. The average Bonchev–Trinajstić information content (AvgIpc) is 3.24. The van der Waals surface area contributed by atoms with E-state index < -0.39 is 10.0 Å².